The summed E-state index contributed by atoms with van der Waals surface area (Å²) in [5.74, 6) is -1.32. The molecule has 10 heteroatoms. The summed E-state index contributed by atoms with van der Waals surface area (Å²) in [5.41, 5.74) is 2.74. The van der Waals surface area contributed by atoms with Gasteiger partial charge in [-0.3, -0.25) is 4.79 Å². The monoisotopic (exact) mass is 540 g/mol. The number of carbonyl (C=O) groups excluding carboxylic acids is 2. The molecule has 0 saturated heterocycles. The van der Waals surface area contributed by atoms with Crippen molar-refractivity contribution in [1.29, 1.82) is 0 Å². The predicted octanol–water partition coefficient (Wildman–Crippen LogP) is 1.77. The zero-order valence-corrected chi connectivity index (χ0v) is 23.1. The van der Waals surface area contributed by atoms with Gasteiger partial charge in [0.2, 0.25) is 0 Å². The van der Waals surface area contributed by atoms with Crippen molar-refractivity contribution in [2.45, 2.75) is 18.8 Å². The van der Waals surface area contributed by atoms with Gasteiger partial charge < -0.3 is 19.4 Å². The smallest absolute Gasteiger partial charge is 0.549 e. The fourth-order valence-corrected chi connectivity index (χ4v) is 4.25. The maximum absolute atomic E-state index is 13.1. The molecule has 3 aromatic carbocycles. The largest absolute Gasteiger partial charge is 1.00 e. The number of Topliss-reactive ketones (excluding diaryl/α,β-unsaturated/α-hetero) is 1. The summed E-state index contributed by atoms with van der Waals surface area (Å²) < 4.78 is 24.5. The number of hydrogen-bond acceptors (Lipinski definition) is 7. The molecule has 0 N–H and O–H groups in total. The van der Waals surface area contributed by atoms with E-state index in [4.69, 9.17) is 21.1 Å². The van der Waals surface area contributed by atoms with Gasteiger partial charge in [0.1, 0.15) is 23.1 Å². The van der Waals surface area contributed by atoms with Gasteiger partial charge in [0.25, 0.3) is 0 Å². The van der Waals surface area contributed by atoms with Crippen LogP contribution in [0, 0.1) is 5.82 Å². The Morgan fingerprint density at radius 3 is 2.42 bits per heavy atom. The van der Waals surface area contributed by atoms with E-state index in [0.29, 0.717) is 46.2 Å². The number of aliphatic carboxylic acids is 1. The van der Waals surface area contributed by atoms with Crippen LogP contribution in [0.5, 0.6) is 17.2 Å². The molecule has 1 aromatic heterocycles. The fraction of sp³-hybridized carbons (Fsp3) is 0.143. The van der Waals surface area contributed by atoms with Crippen molar-refractivity contribution in [3.63, 3.8) is 0 Å². The fourth-order valence-electron chi connectivity index (χ4n) is 4.04. The van der Waals surface area contributed by atoms with E-state index in [-0.39, 0.29) is 59.2 Å². The first-order valence-electron chi connectivity index (χ1n) is 11.4. The molecule has 186 valence electrons. The SMILES string of the molecule is O=C(Cc1ccc(-c2ccc(F)cc2)nn1)c1ccc(Oc2cc3c(cc2Cl)C(C(=O)[O-])CCO3)cc1.[Na+]. The van der Waals surface area contributed by atoms with Gasteiger partial charge in [-0.15, -0.1) is 0 Å². The molecule has 1 aliphatic heterocycles. The van der Waals surface area contributed by atoms with Gasteiger partial charge in [0.15, 0.2) is 5.78 Å². The second-order valence-corrected chi connectivity index (χ2v) is 8.88. The first-order valence-corrected chi connectivity index (χ1v) is 11.8. The molecule has 1 atom stereocenters. The normalized spacial score (nSPS) is 14.0. The summed E-state index contributed by atoms with van der Waals surface area (Å²) in [7, 11) is 0. The topological polar surface area (TPSA) is 101 Å². The van der Waals surface area contributed by atoms with E-state index in [2.05, 4.69) is 10.2 Å². The molecule has 0 radical (unpaired) electrons. The molecule has 0 bridgehead atoms. The number of benzene rings is 3. The van der Waals surface area contributed by atoms with Crippen molar-refractivity contribution in [2.75, 3.05) is 6.61 Å². The summed E-state index contributed by atoms with van der Waals surface area (Å²) >= 11 is 6.33. The third-order valence-corrected chi connectivity index (χ3v) is 6.29. The molecule has 1 unspecified atom stereocenters. The summed E-state index contributed by atoms with van der Waals surface area (Å²) in [5, 5.41) is 19.9. The first kappa shape index (κ1) is 27.7. The Morgan fingerprint density at radius 1 is 1.03 bits per heavy atom. The Balaban J connectivity index is 0.00000336. The maximum atomic E-state index is 13.1. The molecule has 0 saturated carbocycles. The van der Waals surface area contributed by atoms with Crippen molar-refractivity contribution in [2.24, 2.45) is 0 Å². The standard InChI is InChI=1S/C28H20ClFN2O5.Na/c29-23-14-22-21(28(34)35)11-12-36-26(22)15-27(23)37-20-8-3-17(4-9-20)25(33)13-19-7-10-24(32-31-19)16-1-5-18(30)6-2-16;/h1-10,14-15,21H,11-13H2,(H,34,35);/q;+1/p-1. The number of halogens is 2. The number of ketones is 1. The molecule has 0 aliphatic carbocycles. The predicted molar refractivity (Wildman–Crippen MR) is 131 cm³/mol. The van der Waals surface area contributed by atoms with Crippen LogP contribution >= 0.6 is 11.6 Å². The van der Waals surface area contributed by atoms with Gasteiger partial charge in [-0.2, -0.15) is 10.2 Å². The molecular formula is C28H19ClFN2NaO5. The first-order chi connectivity index (χ1) is 17.9. The van der Waals surface area contributed by atoms with Gasteiger partial charge in [-0.05, 0) is 73.2 Å². The van der Waals surface area contributed by atoms with E-state index >= 15 is 0 Å². The van der Waals surface area contributed by atoms with Crippen LogP contribution in [-0.2, 0) is 11.2 Å². The van der Waals surface area contributed by atoms with Gasteiger partial charge in [0.05, 0.1) is 29.4 Å². The van der Waals surface area contributed by atoms with Crippen molar-refractivity contribution < 1.29 is 58.1 Å². The van der Waals surface area contributed by atoms with Crippen LogP contribution in [-0.4, -0.2) is 28.6 Å². The second kappa shape index (κ2) is 12.0. The number of carboxylic acid groups (broad SMARTS) is 1. The van der Waals surface area contributed by atoms with Gasteiger partial charge in [0, 0.05) is 34.6 Å². The summed E-state index contributed by atoms with van der Waals surface area (Å²) in [6.07, 6.45) is 0.371. The quantitative estimate of drug-likeness (QED) is 0.260. The minimum absolute atomic E-state index is 0. The van der Waals surface area contributed by atoms with Crippen molar-refractivity contribution in [1.82, 2.24) is 10.2 Å². The molecular weight excluding hydrogens is 522 g/mol. The third kappa shape index (κ3) is 6.22. The molecule has 0 spiro atoms. The van der Waals surface area contributed by atoms with E-state index in [0.717, 1.165) is 5.56 Å². The Labute approximate surface area is 244 Å². The number of nitrogens with zero attached hydrogens (tertiary/aromatic N) is 2. The molecule has 7 nitrogen and oxygen atoms in total. The van der Waals surface area contributed by atoms with E-state index < -0.39 is 11.9 Å². The summed E-state index contributed by atoms with van der Waals surface area (Å²) in [4.78, 5) is 24.1. The maximum Gasteiger partial charge on any atom is 1.00 e. The average Bonchev–Trinajstić information content (AvgIpc) is 2.90. The number of aromatic nitrogens is 2. The van der Waals surface area contributed by atoms with E-state index in [1.54, 1.807) is 54.6 Å². The van der Waals surface area contributed by atoms with Crippen molar-refractivity contribution in [3.8, 4) is 28.5 Å². The Kier molecular flexibility index (Phi) is 8.79. The van der Waals surface area contributed by atoms with Gasteiger partial charge in [-0.25, -0.2) is 4.39 Å². The van der Waals surface area contributed by atoms with Crippen LogP contribution < -0.4 is 44.1 Å². The van der Waals surface area contributed by atoms with Crippen LogP contribution in [0.15, 0.2) is 72.8 Å². The number of fused-ring (bicyclic) bond motifs is 1. The zero-order chi connectivity index (χ0) is 25.9. The average molecular weight is 541 g/mol. The van der Waals surface area contributed by atoms with Crippen LogP contribution in [0.25, 0.3) is 11.3 Å². The number of carbonyl (C=O) groups is 2. The zero-order valence-electron chi connectivity index (χ0n) is 20.3. The van der Waals surface area contributed by atoms with Gasteiger partial charge in [-0.1, -0.05) is 11.6 Å². The third-order valence-electron chi connectivity index (χ3n) is 5.99. The molecule has 0 fully saturated rings. The molecule has 0 amide bonds. The van der Waals surface area contributed by atoms with Crippen LogP contribution in [0.4, 0.5) is 4.39 Å². The molecule has 1 aliphatic rings. The summed E-state index contributed by atoms with van der Waals surface area (Å²) in [6.45, 7) is 0.253. The molecule has 2 heterocycles. The van der Waals surface area contributed by atoms with Crippen LogP contribution in [0.1, 0.15) is 34.0 Å². The number of ether oxygens (including phenoxy) is 2. The van der Waals surface area contributed by atoms with E-state index in [9.17, 15) is 19.1 Å². The Morgan fingerprint density at radius 2 is 1.76 bits per heavy atom. The summed E-state index contributed by atoms with van der Waals surface area (Å²) in [6, 6.07) is 19.0. The number of hydrogen-bond donors (Lipinski definition) is 0. The molecule has 5 rings (SSSR count). The number of carboxylic acids is 1. The van der Waals surface area contributed by atoms with Crippen molar-refractivity contribution in [3.05, 3.63) is 100 Å². The molecule has 4 aromatic rings. The van der Waals surface area contributed by atoms with E-state index in [1.807, 2.05) is 0 Å². The van der Waals surface area contributed by atoms with E-state index in [1.165, 1.54) is 18.2 Å². The number of rotatable bonds is 7. The van der Waals surface area contributed by atoms with Gasteiger partial charge >= 0.3 is 29.6 Å². The minimum Gasteiger partial charge on any atom is -0.549 e. The van der Waals surface area contributed by atoms with Crippen molar-refractivity contribution >= 4 is 23.4 Å². The molecule has 38 heavy (non-hydrogen) atoms. The second-order valence-electron chi connectivity index (χ2n) is 8.47. The Bertz CT molecular complexity index is 1460. The van der Waals surface area contributed by atoms with Crippen LogP contribution in [0.2, 0.25) is 5.02 Å². The Hall–Kier alpha value is -3.30. The minimum atomic E-state index is -1.18. The van der Waals surface area contributed by atoms with Crippen LogP contribution in [0.3, 0.4) is 0 Å².